The Morgan fingerprint density at radius 1 is 1.10 bits per heavy atom. The second kappa shape index (κ2) is 7.33. The number of nitro benzene ring substituents is 1. The van der Waals surface area contributed by atoms with Crippen LogP contribution in [0.25, 0.3) is 16.6 Å². The highest BCUT2D eigenvalue weighted by atomic mass is 19.1. The van der Waals surface area contributed by atoms with E-state index in [9.17, 15) is 28.5 Å². The first-order valence-corrected chi connectivity index (χ1v) is 8.89. The number of benzene rings is 2. The van der Waals surface area contributed by atoms with Crippen LogP contribution < -0.4 is 5.43 Å². The first-order valence-electron chi connectivity index (χ1n) is 8.89. The van der Waals surface area contributed by atoms with E-state index >= 15 is 0 Å². The van der Waals surface area contributed by atoms with Crippen molar-refractivity contribution in [3.8, 4) is 5.69 Å². The van der Waals surface area contributed by atoms with Crippen molar-refractivity contribution < 1.29 is 23.2 Å². The minimum atomic E-state index is -1.02. The van der Waals surface area contributed by atoms with Crippen LogP contribution in [0.3, 0.4) is 0 Å². The Bertz CT molecular complexity index is 1310. The highest BCUT2D eigenvalue weighted by molar-refractivity contribution is 5.96. The molecule has 0 unspecified atom stereocenters. The number of carbonyl (C=O) groups excluding carboxylic acids is 1. The summed E-state index contributed by atoms with van der Waals surface area (Å²) in [6, 6.07) is 2.01. The summed E-state index contributed by atoms with van der Waals surface area (Å²) >= 11 is 0. The Morgan fingerprint density at radius 3 is 2.30 bits per heavy atom. The number of nitrogens with zero attached hydrogens (tertiary/aromatic N) is 2. The second-order valence-electron chi connectivity index (χ2n) is 6.99. The summed E-state index contributed by atoms with van der Waals surface area (Å²) in [5.41, 5.74) is -0.370. The van der Waals surface area contributed by atoms with Crippen molar-refractivity contribution in [1.82, 2.24) is 4.57 Å². The van der Waals surface area contributed by atoms with Crippen LogP contribution in [0.15, 0.2) is 23.1 Å². The molecule has 0 aliphatic carbocycles. The van der Waals surface area contributed by atoms with E-state index in [4.69, 9.17) is 0 Å². The Morgan fingerprint density at radius 2 is 1.73 bits per heavy atom. The fourth-order valence-corrected chi connectivity index (χ4v) is 3.56. The summed E-state index contributed by atoms with van der Waals surface area (Å²) in [4.78, 5) is 35.6. The summed E-state index contributed by atoms with van der Waals surface area (Å²) in [5, 5.41) is 11.2. The van der Waals surface area contributed by atoms with Gasteiger partial charge in [-0.2, -0.15) is 4.39 Å². The van der Waals surface area contributed by atoms with Gasteiger partial charge in [-0.25, -0.2) is 9.18 Å². The van der Waals surface area contributed by atoms with Crippen LogP contribution in [0, 0.1) is 49.4 Å². The zero-order valence-electron chi connectivity index (χ0n) is 16.9. The van der Waals surface area contributed by atoms with Gasteiger partial charge in [0.1, 0.15) is 11.4 Å². The zero-order valence-corrected chi connectivity index (χ0v) is 16.9. The van der Waals surface area contributed by atoms with E-state index in [1.165, 1.54) is 24.6 Å². The molecule has 0 bridgehead atoms. The number of fused-ring (bicyclic) bond motifs is 1. The molecule has 156 valence electrons. The van der Waals surface area contributed by atoms with Crippen LogP contribution in [-0.2, 0) is 4.74 Å². The van der Waals surface area contributed by atoms with Gasteiger partial charge in [-0.05, 0) is 56.0 Å². The normalized spacial score (nSPS) is 11.0. The lowest BCUT2D eigenvalue weighted by molar-refractivity contribution is -0.387. The molecule has 0 aliphatic rings. The van der Waals surface area contributed by atoms with Gasteiger partial charge in [0.25, 0.3) is 0 Å². The van der Waals surface area contributed by atoms with Gasteiger partial charge in [-0.15, -0.1) is 0 Å². The van der Waals surface area contributed by atoms with E-state index in [1.54, 1.807) is 13.8 Å². The molecule has 0 radical (unpaired) electrons. The molecule has 2 aromatic carbocycles. The van der Waals surface area contributed by atoms with Crippen molar-refractivity contribution in [2.45, 2.75) is 27.7 Å². The molecule has 0 saturated carbocycles. The minimum Gasteiger partial charge on any atom is -0.465 e. The molecule has 0 fully saturated rings. The summed E-state index contributed by atoms with van der Waals surface area (Å²) in [5.74, 6) is -2.55. The molecule has 0 spiro atoms. The van der Waals surface area contributed by atoms with Gasteiger partial charge < -0.3 is 9.30 Å². The van der Waals surface area contributed by atoms with Crippen molar-refractivity contribution in [2.75, 3.05) is 7.11 Å². The smallest absolute Gasteiger partial charge is 0.343 e. The molecule has 9 heteroatoms. The number of rotatable bonds is 3. The average molecular weight is 416 g/mol. The van der Waals surface area contributed by atoms with Crippen LogP contribution in [0.1, 0.15) is 32.6 Å². The van der Waals surface area contributed by atoms with Crippen molar-refractivity contribution in [2.24, 2.45) is 0 Å². The maximum atomic E-state index is 14.7. The lowest BCUT2D eigenvalue weighted by Gasteiger charge is -2.20. The Labute approximate surface area is 169 Å². The third-order valence-electron chi connectivity index (χ3n) is 5.29. The summed E-state index contributed by atoms with van der Waals surface area (Å²) in [7, 11) is 1.10. The summed E-state index contributed by atoms with van der Waals surface area (Å²) < 4.78 is 34.9. The largest absolute Gasteiger partial charge is 0.465 e. The first kappa shape index (κ1) is 21.1. The number of methoxy groups -OCH3 is 1. The van der Waals surface area contributed by atoms with Gasteiger partial charge >= 0.3 is 11.7 Å². The van der Waals surface area contributed by atoms with E-state index in [1.807, 2.05) is 0 Å². The first-order chi connectivity index (χ1) is 14.0. The molecule has 3 aromatic rings. The standard InChI is InChI=1S/C21H18F2N2O5/c1-9-6-14(22)16(25(28)29)7-15(9)24-8-13(21(27)30-5)20(26)17-12(4)18(23)10(2)11(3)19(17)24/h6-8H,1-5H3. The summed E-state index contributed by atoms with van der Waals surface area (Å²) in [6.45, 7) is 6.08. The van der Waals surface area contributed by atoms with Crippen LogP contribution >= 0.6 is 0 Å². The van der Waals surface area contributed by atoms with Crippen molar-refractivity contribution >= 4 is 22.6 Å². The number of halogens is 2. The van der Waals surface area contributed by atoms with Gasteiger partial charge in [0.15, 0.2) is 0 Å². The molecule has 1 aromatic heterocycles. The number of carbonyl (C=O) groups is 1. The molecule has 30 heavy (non-hydrogen) atoms. The number of hydrogen-bond donors (Lipinski definition) is 0. The minimum absolute atomic E-state index is 0.0341. The van der Waals surface area contributed by atoms with Crippen molar-refractivity contribution in [3.63, 3.8) is 0 Å². The predicted octanol–water partition coefficient (Wildman–Crippen LogP) is 4.20. The predicted molar refractivity (Wildman–Crippen MR) is 106 cm³/mol. The highest BCUT2D eigenvalue weighted by Gasteiger charge is 2.25. The fourth-order valence-electron chi connectivity index (χ4n) is 3.56. The second-order valence-corrected chi connectivity index (χ2v) is 6.99. The fraction of sp³-hybridized carbons (Fsp3) is 0.238. The zero-order chi connectivity index (χ0) is 22.5. The average Bonchev–Trinajstić information content (AvgIpc) is 2.69. The topological polar surface area (TPSA) is 91.4 Å². The van der Waals surface area contributed by atoms with E-state index in [0.29, 0.717) is 11.1 Å². The molecule has 0 aliphatic heterocycles. The molecule has 0 saturated heterocycles. The van der Waals surface area contributed by atoms with Crippen LogP contribution in [0.4, 0.5) is 14.5 Å². The SMILES string of the molecule is COC(=O)c1cn(-c2cc([N+](=O)[O-])c(F)cc2C)c2c(C)c(C)c(F)c(C)c2c1=O. The number of hydrogen-bond acceptors (Lipinski definition) is 5. The Kier molecular flexibility index (Phi) is 5.15. The molecule has 0 N–H and O–H groups in total. The molecule has 7 nitrogen and oxygen atoms in total. The number of nitro groups is 1. The van der Waals surface area contributed by atoms with Crippen LogP contribution in [-0.4, -0.2) is 22.6 Å². The van der Waals surface area contributed by atoms with Gasteiger partial charge in [0.05, 0.1) is 28.6 Å². The summed E-state index contributed by atoms with van der Waals surface area (Å²) in [6.07, 6.45) is 1.18. The molecule has 1 heterocycles. The highest BCUT2D eigenvalue weighted by Crippen LogP contribution is 2.32. The molecule has 3 rings (SSSR count). The number of pyridine rings is 1. The van der Waals surface area contributed by atoms with E-state index in [-0.39, 0.29) is 33.3 Å². The number of esters is 1. The van der Waals surface area contributed by atoms with Crippen molar-refractivity contribution in [1.29, 1.82) is 0 Å². The third-order valence-corrected chi connectivity index (χ3v) is 5.29. The third kappa shape index (κ3) is 3.02. The molecule has 0 amide bonds. The Hall–Kier alpha value is -3.62. The molecule has 0 atom stereocenters. The van der Waals surface area contributed by atoms with Gasteiger partial charge in [-0.3, -0.25) is 14.9 Å². The van der Waals surface area contributed by atoms with Crippen LogP contribution in [0.2, 0.25) is 0 Å². The van der Waals surface area contributed by atoms with Gasteiger partial charge in [0.2, 0.25) is 11.2 Å². The lowest BCUT2D eigenvalue weighted by Crippen LogP contribution is -2.22. The number of aryl methyl sites for hydroxylation is 3. The van der Waals surface area contributed by atoms with E-state index < -0.39 is 33.6 Å². The van der Waals surface area contributed by atoms with E-state index in [0.717, 1.165) is 19.2 Å². The monoisotopic (exact) mass is 416 g/mol. The molecular weight excluding hydrogens is 398 g/mol. The van der Waals surface area contributed by atoms with Gasteiger partial charge in [0, 0.05) is 12.3 Å². The van der Waals surface area contributed by atoms with Gasteiger partial charge in [-0.1, -0.05) is 0 Å². The number of ether oxygens (including phenoxy) is 1. The molecular formula is C21H18F2N2O5. The maximum absolute atomic E-state index is 14.7. The number of aromatic nitrogens is 1. The Balaban J connectivity index is 2.63. The van der Waals surface area contributed by atoms with Crippen molar-refractivity contribution in [3.05, 3.63) is 78.1 Å². The lowest BCUT2D eigenvalue weighted by atomic mass is 9.97. The maximum Gasteiger partial charge on any atom is 0.343 e. The van der Waals surface area contributed by atoms with Crippen LogP contribution in [0.5, 0.6) is 0 Å². The van der Waals surface area contributed by atoms with E-state index in [2.05, 4.69) is 4.74 Å². The quantitative estimate of drug-likeness (QED) is 0.363.